The van der Waals surface area contributed by atoms with Gasteiger partial charge in [-0.3, -0.25) is 9.69 Å². The average molecular weight is 363 g/mol. The van der Waals surface area contributed by atoms with Gasteiger partial charge >= 0.3 is 11.9 Å². The summed E-state index contributed by atoms with van der Waals surface area (Å²) >= 11 is 0. The molecule has 26 heavy (non-hydrogen) atoms. The van der Waals surface area contributed by atoms with E-state index in [0.717, 1.165) is 43.5 Å². The van der Waals surface area contributed by atoms with E-state index in [1.54, 1.807) is 18.1 Å². The Kier molecular flexibility index (Phi) is 6.23. The van der Waals surface area contributed by atoms with Gasteiger partial charge < -0.3 is 20.4 Å². The van der Waals surface area contributed by atoms with Gasteiger partial charge in [-0.25, -0.2) is 14.6 Å². The Hall–Kier alpha value is -3.01. The van der Waals surface area contributed by atoms with E-state index in [9.17, 15) is 14.4 Å². The minimum atomic E-state index is -1.26. The lowest BCUT2D eigenvalue weighted by Crippen LogP contribution is -2.44. The van der Waals surface area contributed by atoms with Gasteiger partial charge in [0.15, 0.2) is 0 Å². The lowest BCUT2D eigenvalue weighted by atomic mass is 10.1. The van der Waals surface area contributed by atoms with E-state index < -0.39 is 11.9 Å². The zero-order valence-corrected chi connectivity index (χ0v) is 14.5. The molecule has 2 aliphatic rings. The summed E-state index contributed by atoms with van der Waals surface area (Å²) in [4.78, 5) is 43.7. The lowest BCUT2D eigenvalue weighted by Gasteiger charge is -2.27. The van der Waals surface area contributed by atoms with E-state index in [4.69, 9.17) is 10.2 Å². The van der Waals surface area contributed by atoms with Gasteiger partial charge in [0, 0.05) is 57.1 Å². The second-order valence-electron chi connectivity index (χ2n) is 5.81. The molecule has 10 heteroatoms. The third kappa shape index (κ3) is 4.54. The summed E-state index contributed by atoms with van der Waals surface area (Å²) in [5.74, 6) is -1.06. The fourth-order valence-electron chi connectivity index (χ4n) is 2.63. The number of fused-ring (bicyclic) bond motifs is 1. The molecule has 0 aromatic carbocycles. The molecule has 1 unspecified atom stereocenters. The van der Waals surface area contributed by atoms with E-state index in [2.05, 4.69) is 20.2 Å². The van der Waals surface area contributed by atoms with Crippen molar-refractivity contribution >= 4 is 29.6 Å². The summed E-state index contributed by atoms with van der Waals surface area (Å²) in [5.41, 5.74) is 0.932. The predicted molar refractivity (Wildman–Crippen MR) is 93.4 cm³/mol. The van der Waals surface area contributed by atoms with Crippen molar-refractivity contribution in [3.63, 3.8) is 0 Å². The Bertz CT molecular complexity index is 714. The van der Waals surface area contributed by atoms with Crippen LogP contribution in [0.3, 0.4) is 0 Å². The van der Waals surface area contributed by atoms with Crippen LogP contribution in [0.15, 0.2) is 18.3 Å². The van der Waals surface area contributed by atoms with Crippen LogP contribution in [0.1, 0.15) is 18.4 Å². The van der Waals surface area contributed by atoms with Crippen LogP contribution in [-0.4, -0.2) is 71.3 Å². The molecule has 1 aromatic rings. The molecule has 1 amide bonds. The maximum atomic E-state index is 11.9. The SMILES string of the molecule is CC1C(=O)N(C)c2nc(N3CCNCC3)ncc21.O=C(O)C=CC(=O)O. The Balaban J connectivity index is 0.000000260. The number of piperazine rings is 1. The Morgan fingerprint density at radius 3 is 2.35 bits per heavy atom. The van der Waals surface area contributed by atoms with Crippen LogP contribution in [0, 0.1) is 0 Å². The fraction of sp³-hybridized carbons (Fsp3) is 0.438. The highest BCUT2D eigenvalue weighted by atomic mass is 16.4. The molecule has 10 nitrogen and oxygen atoms in total. The molecule has 0 saturated carbocycles. The third-order valence-corrected chi connectivity index (χ3v) is 4.04. The molecule has 1 fully saturated rings. The number of aliphatic carboxylic acids is 2. The Morgan fingerprint density at radius 2 is 1.81 bits per heavy atom. The molecule has 0 bridgehead atoms. The van der Waals surface area contributed by atoms with Gasteiger partial charge in [0.25, 0.3) is 0 Å². The number of nitrogens with zero attached hydrogens (tertiary/aromatic N) is 4. The van der Waals surface area contributed by atoms with E-state index in [0.29, 0.717) is 12.2 Å². The normalized spacial score (nSPS) is 19.2. The van der Waals surface area contributed by atoms with Crippen molar-refractivity contribution in [3.05, 3.63) is 23.9 Å². The zero-order valence-electron chi connectivity index (χ0n) is 14.5. The topological polar surface area (TPSA) is 136 Å². The molecule has 1 saturated heterocycles. The monoisotopic (exact) mass is 363 g/mol. The number of nitrogens with one attached hydrogen (secondary N) is 1. The highest BCUT2D eigenvalue weighted by Crippen LogP contribution is 2.34. The van der Waals surface area contributed by atoms with Crippen LogP contribution < -0.4 is 15.1 Å². The van der Waals surface area contributed by atoms with Crippen LogP contribution in [0.25, 0.3) is 0 Å². The van der Waals surface area contributed by atoms with Crippen LogP contribution in [-0.2, 0) is 14.4 Å². The standard InChI is InChI=1S/C12H17N5O.C4H4O4/c1-8-9-7-14-12(17-5-3-13-4-6-17)15-10(9)16(2)11(8)18;5-3(6)1-2-4(7)8/h7-8,13H,3-6H2,1-2H3;1-2H,(H,5,6)(H,7,8). The molecular formula is C16H21N5O5. The molecular weight excluding hydrogens is 342 g/mol. The molecule has 0 radical (unpaired) electrons. The highest BCUT2D eigenvalue weighted by molar-refractivity contribution is 6.03. The molecule has 0 spiro atoms. The smallest absolute Gasteiger partial charge is 0.328 e. The van der Waals surface area contributed by atoms with E-state index in [-0.39, 0.29) is 11.8 Å². The van der Waals surface area contributed by atoms with E-state index in [1.165, 1.54) is 0 Å². The fourth-order valence-corrected chi connectivity index (χ4v) is 2.63. The first-order valence-corrected chi connectivity index (χ1v) is 8.05. The van der Waals surface area contributed by atoms with Gasteiger partial charge in [-0.05, 0) is 6.92 Å². The number of likely N-dealkylation sites (N-methyl/N-ethyl adjacent to an activating group) is 1. The number of carboxylic acids is 2. The second kappa shape index (κ2) is 8.39. The molecule has 3 N–H and O–H groups in total. The third-order valence-electron chi connectivity index (χ3n) is 4.04. The van der Waals surface area contributed by atoms with Gasteiger partial charge in [-0.1, -0.05) is 0 Å². The summed E-state index contributed by atoms with van der Waals surface area (Å²) in [6, 6.07) is 0. The number of amides is 1. The van der Waals surface area contributed by atoms with Gasteiger partial charge in [0.2, 0.25) is 11.9 Å². The largest absolute Gasteiger partial charge is 0.478 e. The number of rotatable bonds is 3. The van der Waals surface area contributed by atoms with Crippen molar-refractivity contribution in [2.45, 2.75) is 12.8 Å². The van der Waals surface area contributed by atoms with Crippen molar-refractivity contribution < 1.29 is 24.6 Å². The predicted octanol–water partition coefficient (Wildman–Crippen LogP) is -0.322. The van der Waals surface area contributed by atoms with Crippen LogP contribution >= 0.6 is 0 Å². The number of anilines is 2. The van der Waals surface area contributed by atoms with Crippen LogP contribution in [0.4, 0.5) is 11.8 Å². The van der Waals surface area contributed by atoms with Crippen LogP contribution in [0.2, 0.25) is 0 Å². The Labute approximate surface area is 150 Å². The van der Waals surface area contributed by atoms with Gasteiger partial charge in [-0.2, -0.15) is 4.98 Å². The number of hydrogen-bond acceptors (Lipinski definition) is 7. The number of hydrogen-bond donors (Lipinski definition) is 3. The molecule has 3 rings (SSSR count). The highest BCUT2D eigenvalue weighted by Gasteiger charge is 2.34. The lowest BCUT2D eigenvalue weighted by molar-refractivity contribution is -0.134. The van der Waals surface area contributed by atoms with Gasteiger partial charge in [0.1, 0.15) is 5.82 Å². The van der Waals surface area contributed by atoms with Gasteiger partial charge in [0.05, 0.1) is 5.92 Å². The second-order valence-corrected chi connectivity index (χ2v) is 5.81. The molecule has 1 aromatic heterocycles. The summed E-state index contributed by atoms with van der Waals surface area (Å²) in [7, 11) is 1.78. The quantitative estimate of drug-likeness (QED) is 0.617. The first kappa shape index (κ1) is 19.3. The van der Waals surface area contributed by atoms with Crippen molar-refractivity contribution in [1.29, 1.82) is 0 Å². The van der Waals surface area contributed by atoms with E-state index >= 15 is 0 Å². The van der Waals surface area contributed by atoms with Crippen molar-refractivity contribution in [2.24, 2.45) is 0 Å². The van der Waals surface area contributed by atoms with Crippen molar-refractivity contribution in [3.8, 4) is 0 Å². The number of carboxylic acid groups (broad SMARTS) is 2. The van der Waals surface area contributed by atoms with E-state index in [1.807, 2.05) is 6.92 Å². The zero-order chi connectivity index (χ0) is 19.3. The minimum Gasteiger partial charge on any atom is -0.478 e. The van der Waals surface area contributed by atoms with Crippen molar-refractivity contribution in [1.82, 2.24) is 15.3 Å². The van der Waals surface area contributed by atoms with Crippen LogP contribution in [0.5, 0.6) is 0 Å². The molecule has 140 valence electrons. The summed E-state index contributed by atoms with van der Waals surface area (Å²) in [6.07, 6.45) is 2.91. The Morgan fingerprint density at radius 1 is 1.23 bits per heavy atom. The first-order valence-electron chi connectivity index (χ1n) is 8.05. The summed E-state index contributed by atoms with van der Waals surface area (Å²) in [5, 5.41) is 18.9. The maximum absolute atomic E-state index is 11.9. The maximum Gasteiger partial charge on any atom is 0.328 e. The number of aromatic nitrogens is 2. The summed E-state index contributed by atoms with van der Waals surface area (Å²) < 4.78 is 0. The summed E-state index contributed by atoms with van der Waals surface area (Å²) in [6.45, 7) is 5.62. The minimum absolute atomic E-state index is 0.0942. The number of carbonyl (C=O) groups is 3. The average Bonchev–Trinajstić information content (AvgIpc) is 2.85. The molecule has 3 heterocycles. The first-order chi connectivity index (χ1) is 12.3. The molecule has 1 atom stereocenters. The number of carbonyl (C=O) groups excluding carboxylic acids is 1. The molecule has 2 aliphatic heterocycles. The van der Waals surface area contributed by atoms with Gasteiger partial charge in [-0.15, -0.1) is 0 Å². The van der Waals surface area contributed by atoms with Crippen molar-refractivity contribution in [2.75, 3.05) is 43.0 Å². The molecule has 0 aliphatic carbocycles.